The number of rotatable bonds is 5. The first kappa shape index (κ1) is 20.6. The minimum atomic E-state index is -3.58. The highest BCUT2D eigenvalue weighted by Crippen LogP contribution is 2.25. The van der Waals surface area contributed by atoms with Crippen molar-refractivity contribution in [3.8, 4) is 0 Å². The molecule has 5 nitrogen and oxygen atoms in total. The van der Waals surface area contributed by atoms with Gasteiger partial charge in [0, 0.05) is 13.1 Å². The van der Waals surface area contributed by atoms with Crippen LogP contribution in [0.15, 0.2) is 53.4 Å². The third kappa shape index (κ3) is 4.62. The number of carbonyl (C=O) groups excluding carboxylic acids is 1. The number of nitrogens with zero attached hydrogens (tertiary/aromatic N) is 1. The second kappa shape index (κ2) is 8.45. The fourth-order valence-corrected chi connectivity index (χ4v) is 5.03. The summed E-state index contributed by atoms with van der Waals surface area (Å²) >= 11 is 0. The maximum Gasteiger partial charge on any atom is 0.243 e. The molecule has 6 heteroatoms. The maximum absolute atomic E-state index is 12.9. The summed E-state index contributed by atoms with van der Waals surface area (Å²) in [5.41, 5.74) is 3.23. The number of nitrogens with one attached hydrogen (secondary N) is 1. The Morgan fingerprint density at radius 1 is 1.04 bits per heavy atom. The number of amides is 1. The van der Waals surface area contributed by atoms with Crippen molar-refractivity contribution in [1.82, 2.24) is 9.62 Å². The van der Waals surface area contributed by atoms with E-state index in [1.165, 1.54) is 9.87 Å². The number of hydrogen-bond acceptors (Lipinski definition) is 3. The number of piperidine rings is 1. The number of hydrogen-bond donors (Lipinski definition) is 1. The fraction of sp³-hybridized carbons (Fsp3) is 0.409. The Labute approximate surface area is 167 Å². The molecular formula is C22H28N2O3S. The van der Waals surface area contributed by atoms with E-state index in [0.29, 0.717) is 19.4 Å². The molecule has 150 valence electrons. The number of benzene rings is 2. The Hall–Kier alpha value is -2.18. The third-order valence-electron chi connectivity index (χ3n) is 5.35. The van der Waals surface area contributed by atoms with E-state index < -0.39 is 10.0 Å². The molecule has 28 heavy (non-hydrogen) atoms. The average molecular weight is 401 g/mol. The van der Waals surface area contributed by atoms with Crippen molar-refractivity contribution in [3.63, 3.8) is 0 Å². The second-order valence-corrected chi connectivity index (χ2v) is 9.59. The van der Waals surface area contributed by atoms with E-state index in [-0.39, 0.29) is 29.3 Å². The molecule has 0 radical (unpaired) electrons. The quantitative estimate of drug-likeness (QED) is 0.834. The van der Waals surface area contributed by atoms with Crippen LogP contribution in [0.2, 0.25) is 0 Å². The van der Waals surface area contributed by atoms with E-state index in [2.05, 4.69) is 5.32 Å². The Bertz CT molecular complexity index is 921. The monoisotopic (exact) mass is 400 g/mol. The Morgan fingerprint density at radius 3 is 2.21 bits per heavy atom. The lowest BCUT2D eigenvalue weighted by Crippen LogP contribution is -2.45. The normalized spacial score (nSPS) is 19.2. The zero-order valence-electron chi connectivity index (χ0n) is 16.7. The molecule has 2 atom stereocenters. The largest absolute Gasteiger partial charge is 0.349 e. The minimum Gasteiger partial charge on any atom is -0.349 e. The molecular weight excluding hydrogens is 372 g/mol. The van der Waals surface area contributed by atoms with E-state index in [9.17, 15) is 13.2 Å². The lowest BCUT2D eigenvalue weighted by Gasteiger charge is -2.32. The fourth-order valence-electron chi connectivity index (χ4n) is 3.50. The lowest BCUT2D eigenvalue weighted by atomic mass is 9.97. The van der Waals surface area contributed by atoms with Crippen molar-refractivity contribution < 1.29 is 13.2 Å². The highest BCUT2D eigenvalue weighted by molar-refractivity contribution is 7.89. The first-order valence-corrected chi connectivity index (χ1v) is 11.1. The summed E-state index contributed by atoms with van der Waals surface area (Å²) in [7, 11) is -3.58. The molecule has 1 aliphatic heterocycles. The van der Waals surface area contributed by atoms with Crippen LogP contribution >= 0.6 is 0 Å². The molecule has 1 saturated heterocycles. The molecule has 0 aliphatic carbocycles. The van der Waals surface area contributed by atoms with Gasteiger partial charge in [-0.05, 0) is 51.3 Å². The molecule has 2 aromatic rings. The van der Waals surface area contributed by atoms with Crippen molar-refractivity contribution in [2.24, 2.45) is 5.92 Å². The van der Waals surface area contributed by atoms with Crippen LogP contribution in [0.5, 0.6) is 0 Å². The molecule has 0 bridgehead atoms. The van der Waals surface area contributed by atoms with E-state index in [1.54, 1.807) is 24.3 Å². The zero-order chi connectivity index (χ0) is 20.3. The number of sulfonamides is 1. The molecule has 0 aromatic heterocycles. The second-order valence-electron chi connectivity index (χ2n) is 7.66. The van der Waals surface area contributed by atoms with Crippen LogP contribution < -0.4 is 5.32 Å². The summed E-state index contributed by atoms with van der Waals surface area (Å²) < 4.78 is 27.3. The van der Waals surface area contributed by atoms with Gasteiger partial charge in [-0.15, -0.1) is 0 Å². The van der Waals surface area contributed by atoms with Gasteiger partial charge in [-0.25, -0.2) is 8.42 Å². The molecule has 2 unspecified atom stereocenters. The SMILES string of the molecule is Cc1ccc(C(C)NC(=O)C2CCCN(S(=O)(=O)c3ccc(C)cc3)C2)cc1. The van der Waals surface area contributed by atoms with Crippen LogP contribution in [0.25, 0.3) is 0 Å². The standard InChI is InChI=1S/C22H28N2O3S/c1-16-6-10-19(11-7-16)18(3)23-22(25)20-5-4-14-24(15-20)28(26,27)21-12-8-17(2)9-13-21/h6-13,18,20H,4-5,14-15H2,1-3H3,(H,23,25). The molecule has 1 N–H and O–H groups in total. The Balaban J connectivity index is 1.67. The highest BCUT2D eigenvalue weighted by Gasteiger charge is 2.33. The van der Waals surface area contributed by atoms with Crippen LogP contribution in [0.1, 0.15) is 42.5 Å². The van der Waals surface area contributed by atoms with Crippen molar-refractivity contribution in [3.05, 3.63) is 65.2 Å². The van der Waals surface area contributed by atoms with Gasteiger partial charge in [-0.3, -0.25) is 4.79 Å². The summed E-state index contributed by atoms with van der Waals surface area (Å²) in [5, 5.41) is 3.04. The van der Waals surface area contributed by atoms with Gasteiger partial charge in [0.2, 0.25) is 15.9 Å². The van der Waals surface area contributed by atoms with Crippen LogP contribution in [0.3, 0.4) is 0 Å². The Kier molecular flexibility index (Phi) is 6.20. The van der Waals surface area contributed by atoms with Gasteiger partial charge >= 0.3 is 0 Å². The van der Waals surface area contributed by atoms with Gasteiger partial charge in [0.1, 0.15) is 0 Å². The van der Waals surface area contributed by atoms with Gasteiger partial charge in [0.05, 0.1) is 16.9 Å². The van der Waals surface area contributed by atoms with E-state index >= 15 is 0 Å². The summed E-state index contributed by atoms with van der Waals surface area (Å²) in [4.78, 5) is 13.1. The van der Waals surface area contributed by atoms with Crippen LogP contribution in [-0.2, 0) is 14.8 Å². The van der Waals surface area contributed by atoms with Crippen LogP contribution in [0.4, 0.5) is 0 Å². The van der Waals surface area contributed by atoms with E-state index in [4.69, 9.17) is 0 Å². The summed E-state index contributed by atoms with van der Waals surface area (Å²) in [6.07, 6.45) is 1.38. The molecule has 2 aromatic carbocycles. The Morgan fingerprint density at radius 2 is 1.61 bits per heavy atom. The van der Waals surface area contributed by atoms with Crippen molar-refractivity contribution >= 4 is 15.9 Å². The van der Waals surface area contributed by atoms with Gasteiger partial charge in [-0.2, -0.15) is 4.31 Å². The summed E-state index contributed by atoms with van der Waals surface area (Å²) in [5.74, 6) is -0.418. The number of carbonyl (C=O) groups is 1. The van der Waals surface area contributed by atoms with Gasteiger partial charge in [0.15, 0.2) is 0 Å². The van der Waals surface area contributed by atoms with Gasteiger partial charge in [-0.1, -0.05) is 47.5 Å². The predicted molar refractivity (Wildman–Crippen MR) is 110 cm³/mol. The van der Waals surface area contributed by atoms with Crippen LogP contribution in [-0.4, -0.2) is 31.7 Å². The molecule has 0 saturated carbocycles. The molecule has 1 aliphatic rings. The molecule has 3 rings (SSSR count). The van der Waals surface area contributed by atoms with Crippen LogP contribution in [0, 0.1) is 19.8 Å². The number of aryl methyl sites for hydroxylation is 2. The van der Waals surface area contributed by atoms with Gasteiger partial charge < -0.3 is 5.32 Å². The smallest absolute Gasteiger partial charge is 0.243 e. The molecule has 0 spiro atoms. The predicted octanol–water partition coefficient (Wildman–Crippen LogP) is 3.58. The van der Waals surface area contributed by atoms with E-state index in [1.807, 2.05) is 45.0 Å². The third-order valence-corrected chi connectivity index (χ3v) is 7.23. The van der Waals surface area contributed by atoms with Crippen molar-refractivity contribution in [2.45, 2.75) is 44.6 Å². The van der Waals surface area contributed by atoms with E-state index in [0.717, 1.165) is 11.1 Å². The lowest BCUT2D eigenvalue weighted by molar-refractivity contribution is -0.126. The first-order valence-electron chi connectivity index (χ1n) is 9.71. The topological polar surface area (TPSA) is 66.5 Å². The maximum atomic E-state index is 12.9. The summed E-state index contributed by atoms with van der Waals surface area (Å²) in [6, 6.07) is 14.8. The van der Waals surface area contributed by atoms with Crippen molar-refractivity contribution in [2.75, 3.05) is 13.1 Å². The molecule has 1 heterocycles. The van der Waals surface area contributed by atoms with Gasteiger partial charge in [0.25, 0.3) is 0 Å². The first-order chi connectivity index (χ1) is 13.3. The minimum absolute atomic E-state index is 0.0862. The zero-order valence-corrected chi connectivity index (χ0v) is 17.5. The highest BCUT2D eigenvalue weighted by atomic mass is 32.2. The summed E-state index contributed by atoms with van der Waals surface area (Å²) in [6.45, 7) is 6.58. The molecule has 1 fully saturated rings. The molecule has 1 amide bonds. The average Bonchev–Trinajstić information content (AvgIpc) is 2.69. The van der Waals surface area contributed by atoms with Crippen molar-refractivity contribution in [1.29, 1.82) is 0 Å².